The highest BCUT2D eigenvalue weighted by molar-refractivity contribution is 5.80. The predicted molar refractivity (Wildman–Crippen MR) is 87.8 cm³/mol. The number of nitrogens with one attached hydrogen (secondary N) is 2. The van der Waals surface area contributed by atoms with Gasteiger partial charge in [-0.3, -0.25) is 9.89 Å². The third kappa shape index (κ3) is 6.22. The zero-order chi connectivity index (χ0) is 14.9. The summed E-state index contributed by atoms with van der Waals surface area (Å²) in [5.74, 6) is 1.87. The molecular weight excluding hydrogens is 264 g/mol. The van der Waals surface area contributed by atoms with Crippen molar-refractivity contribution < 1.29 is 4.74 Å². The molecule has 0 spiro atoms. The summed E-state index contributed by atoms with van der Waals surface area (Å²) < 4.78 is 5.37. The molecule has 0 amide bonds. The zero-order valence-corrected chi connectivity index (χ0v) is 13.7. The molecule has 0 radical (unpaired) electrons. The van der Waals surface area contributed by atoms with Crippen LogP contribution in [-0.4, -0.2) is 62.8 Å². The van der Waals surface area contributed by atoms with E-state index in [1.807, 2.05) is 0 Å². The number of nitrogens with zero attached hydrogens (tertiary/aromatic N) is 2. The van der Waals surface area contributed by atoms with E-state index in [0.29, 0.717) is 6.04 Å². The van der Waals surface area contributed by atoms with E-state index < -0.39 is 0 Å². The van der Waals surface area contributed by atoms with Gasteiger partial charge in [0.05, 0.1) is 13.2 Å². The molecule has 2 atom stereocenters. The first-order chi connectivity index (χ1) is 10.3. The van der Waals surface area contributed by atoms with Crippen LogP contribution in [0.5, 0.6) is 0 Å². The lowest BCUT2D eigenvalue weighted by Gasteiger charge is -2.26. The molecule has 1 saturated carbocycles. The van der Waals surface area contributed by atoms with Crippen LogP contribution in [0.2, 0.25) is 0 Å². The Morgan fingerprint density at radius 1 is 1.29 bits per heavy atom. The maximum atomic E-state index is 5.37. The fourth-order valence-corrected chi connectivity index (χ4v) is 2.92. The molecule has 0 aromatic rings. The third-order valence-corrected chi connectivity index (χ3v) is 4.25. The van der Waals surface area contributed by atoms with Crippen LogP contribution in [0.1, 0.15) is 39.5 Å². The summed E-state index contributed by atoms with van der Waals surface area (Å²) in [6, 6.07) is 0.655. The van der Waals surface area contributed by atoms with E-state index in [1.165, 1.54) is 19.3 Å². The second kappa shape index (κ2) is 9.26. The highest BCUT2D eigenvalue weighted by Gasteiger charge is 2.36. The van der Waals surface area contributed by atoms with Gasteiger partial charge < -0.3 is 15.4 Å². The van der Waals surface area contributed by atoms with Crippen molar-refractivity contribution in [2.75, 3.05) is 45.9 Å². The summed E-state index contributed by atoms with van der Waals surface area (Å²) in [4.78, 5) is 7.18. The molecule has 122 valence electrons. The van der Waals surface area contributed by atoms with Crippen LogP contribution in [0.4, 0.5) is 0 Å². The average Bonchev–Trinajstić information content (AvgIpc) is 3.23. The van der Waals surface area contributed by atoms with E-state index in [9.17, 15) is 0 Å². The number of rotatable bonds is 8. The molecule has 2 aliphatic rings. The molecule has 0 aromatic carbocycles. The largest absolute Gasteiger partial charge is 0.379 e. The molecule has 2 rings (SSSR count). The van der Waals surface area contributed by atoms with Gasteiger partial charge in [0.15, 0.2) is 5.96 Å². The van der Waals surface area contributed by atoms with Crippen molar-refractivity contribution in [3.05, 3.63) is 0 Å². The molecule has 2 fully saturated rings. The molecule has 5 heteroatoms. The lowest BCUT2D eigenvalue weighted by molar-refractivity contribution is 0.0377. The molecule has 1 aliphatic carbocycles. The minimum absolute atomic E-state index is 0.655. The van der Waals surface area contributed by atoms with Gasteiger partial charge >= 0.3 is 0 Å². The van der Waals surface area contributed by atoms with E-state index in [-0.39, 0.29) is 0 Å². The Bertz CT molecular complexity index is 315. The Morgan fingerprint density at radius 3 is 2.81 bits per heavy atom. The molecule has 1 saturated heterocycles. The van der Waals surface area contributed by atoms with E-state index in [2.05, 4.69) is 29.4 Å². The first-order valence-electron chi connectivity index (χ1n) is 8.68. The predicted octanol–water partition coefficient (Wildman–Crippen LogP) is 1.45. The van der Waals surface area contributed by atoms with Gasteiger partial charge in [-0.05, 0) is 32.1 Å². The summed E-state index contributed by atoms with van der Waals surface area (Å²) >= 11 is 0. The molecule has 2 unspecified atom stereocenters. The van der Waals surface area contributed by atoms with Crippen LogP contribution in [0.3, 0.4) is 0 Å². The van der Waals surface area contributed by atoms with Crippen molar-refractivity contribution in [2.24, 2.45) is 10.9 Å². The standard InChI is InChI=1S/C16H32N4O/c1-3-6-14-13-15(14)19-16(17-4-2)18-7-5-8-20-9-11-21-12-10-20/h14-15H,3-13H2,1-2H3,(H2,17,18,19). The molecule has 21 heavy (non-hydrogen) atoms. The van der Waals surface area contributed by atoms with Crippen molar-refractivity contribution in [2.45, 2.75) is 45.6 Å². The Morgan fingerprint density at radius 2 is 2.10 bits per heavy atom. The number of morpholine rings is 1. The van der Waals surface area contributed by atoms with Crippen LogP contribution in [0.15, 0.2) is 4.99 Å². The van der Waals surface area contributed by atoms with Gasteiger partial charge in [0.2, 0.25) is 0 Å². The monoisotopic (exact) mass is 296 g/mol. The Labute approximate surface area is 129 Å². The summed E-state index contributed by atoms with van der Waals surface area (Å²) in [6.45, 7) is 11.3. The van der Waals surface area contributed by atoms with Crippen molar-refractivity contribution >= 4 is 5.96 Å². The summed E-state index contributed by atoms with van der Waals surface area (Å²) in [7, 11) is 0. The van der Waals surface area contributed by atoms with Gasteiger partial charge in [-0.2, -0.15) is 0 Å². The molecule has 2 N–H and O–H groups in total. The van der Waals surface area contributed by atoms with Gasteiger partial charge in [-0.15, -0.1) is 0 Å². The van der Waals surface area contributed by atoms with Crippen LogP contribution < -0.4 is 10.6 Å². The second-order valence-electron chi connectivity index (χ2n) is 6.10. The van der Waals surface area contributed by atoms with Crippen LogP contribution >= 0.6 is 0 Å². The summed E-state index contributed by atoms with van der Waals surface area (Å²) in [5.41, 5.74) is 0. The molecule has 1 heterocycles. The zero-order valence-electron chi connectivity index (χ0n) is 13.7. The average molecular weight is 296 g/mol. The van der Waals surface area contributed by atoms with Gasteiger partial charge in [0.25, 0.3) is 0 Å². The van der Waals surface area contributed by atoms with Crippen molar-refractivity contribution in [1.29, 1.82) is 0 Å². The van der Waals surface area contributed by atoms with E-state index in [0.717, 1.165) is 64.2 Å². The summed E-state index contributed by atoms with van der Waals surface area (Å²) in [5, 5.41) is 6.93. The molecule has 1 aliphatic heterocycles. The van der Waals surface area contributed by atoms with E-state index >= 15 is 0 Å². The van der Waals surface area contributed by atoms with Gasteiger partial charge in [0.1, 0.15) is 0 Å². The Hall–Kier alpha value is -0.810. The first kappa shape index (κ1) is 16.6. The van der Waals surface area contributed by atoms with Crippen molar-refractivity contribution in [3.8, 4) is 0 Å². The van der Waals surface area contributed by atoms with Crippen molar-refractivity contribution in [3.63, 3.8) is 0 Å². The number of aliphatic imine (C=N–C) groups is 1. The lowest BCUT2D eigenvalue weighted by atomic mass is 10.2. The van der Waals surface area contributed by atoms with Crippen molar-refractivity contribution in [1.82, 2.24) is 15.5 Å². The number of hydrogen-bond acceptors (Lipinski definition) is 3. The fraction of sp³-hybridized carbons (Fsp3) is 0.938. The quantitative estimate of drug-likeness (QED) is 0.404. The SMILES string of the molecule is CCCC1CC1NC(=NCCCN1CCOCC1)NCC. The molecule has 0 bridgehead atoms. The van der Waals surface area contributed by atoms with Gasteiger partial charge in [-0.25, -0.2) is 0 Å². The normalized spacial score (nSPS) is 26.7. The Kier molecular flexibility index (Phi) is 7.30. The first-order valence-corrected chi connectivity index (χ1v) is 8.68. The molecule has 5 nitrogen and oxygen atoms in total. The topological polar surface area (TPSA) is 48.9 Å². The lowest BCUT2D eigenvalue weighted by Crippen LogP contribution is -2.39. The molecular formula is C16H32N4O. The minimum Gasteiger partial charge on any atom is -0.379 e. The Balaban J connectivity index is 1.63. The maximum Gasteiger partial charge on any atom is 0.191 e. The number of hydrogen-bond donors (Lipinski definition) is 2. The van der Waals surface area contributed by atoms with Crippen LogP contribution in [-0.2, 0) is 4.74 Å². The van der Waals surface area contributed by atoms with Crippen LogP contribution in [0.25, 0.3) is 0 Å². The maximum absolute atomic E-state index is 5.37. The van der Waals surface area contributed by atoms with Crippen LogP contribution in [0, 0.1) is 5.92 Å². The number of guanidine groups is 1. The van der Waals surface area contributed by atoms with Gasteiger partial charge in [-0.1, -0.05) is 13.3 Å². The van der Waals surface area contributed by atoms with Gasteiger partial charge in [0, 0.05) is 38.8 Å². The third-order valence-electron chi connectivity index (χ3n) is 4.25. The molecule has 0 aromatic heterocycles. The fourth-order valence-electron chi connectivity index (χ4n) is 2.92. The minimum atomic E-state index is 0.655. The smallest absolute Gasteiger partial charge is 0.191 e. The van der Waals surface area contributed by atoms with E-state index in [4.69, 9.17) is 9.73 Å². The summed E-state index contributed by atoms with van der Waals surface area (Å²) in [6.07, 6.45) is 5.07. The highest BCUT2D eigenvalue weighted by Crippen LogP contribution is 2.34. The second-order valence-corrected chi connectivity index (χ2v) is 6.10. The number of ether oxygens (including phenoxy) is 1. The van der Waals surface area contributed by atoms with E-state index in [1.54, 1.807) is 0 Å². The highest BCUT2D eigenvalue weighted by atomic mass is 16.5.